The van der Waals surface area contributed by atoms with Crippen LogP contribution in [0.25, 0.3) is 11.4 Å². The maximum atomic E-state index is 10.8. The molecule has 0 spiro atoms. The largest absolute Gasteiger partial charge is 0.480 e. The molecule has 2 aromatic rings. The van der Waals surface area contributed by atoms with E-state index in [1.807, 2.05) is 31.2 Å². The Bertz CT molecular complexity index is 565. The van der Waals surface area contributed by atoms with E-state index in [0.717, 1.165) is 17.1 Å². The normalized spacial score (nSPS) is 12.1. The summed E-state index contributed by atoms with van der Waals surface area (Å²) < 4.78 is 0. The molecule has 94 valence electrons. The van der Waals surface area contributed by atoms with Crippen LogP contribution in [0.2, 0.25) is 0 Å². The van der Waals surface area contributed by atoms with Gasteiger partial charge in [-0.1, -0.05) is 12.1 Å². The van der Waals surface area contributed by atoms with Crippen LogP contribution in [0.15, 0.2) is 24.3 Å². The van der Waals surface area contributed by atoms with Gasteiger partial charge in [-0.15, -0.1) is 0 Å². The number of carboxylic acids is 1. The molecule has 2 rings (SSSR count). The number of carboxylic acid groups (broad SMARTS) is 1. The van der Waals surface area contributed by atoms with Gasteiger partial charge in [0.15, 0.2) is 5.82 Å². The number of hydrogen-bond acceptors (Lipinski definition) is 4. The highest BCUT2D eigenvalue weighted by Gasteiger charge is 2.11. The van der Waals surface area contributed by atoms with E-state index in [1.54, 1.807) is 6.92 Å². The van der Waals surface area contributed by atoms with E-state index in [0.29, 0.717) is 5.82 Å². The Morgan fingerprint density at radius 2 is 2.28 bits per heavy atom. The van der Waals surface area contributed by atoms with Crippen LogP contribution < -0.4 is 5.32 Å². The van der Waals surface area contributed by atoms with E-state index in [2.05, 4.69) is 20.5 Å². The summed E-state index contributed by atoms with van der Waals surface area (Å²) in [6, 6.07) is 6.69. The molecule has 1 aromatic carbocycles. The molecular weight excluding hydrogens is 232 g/mol. The second-order valence-electron chi connectivity index (χ2n) is 4.03. The van der Waals surface area contributed by atoms with Crippen LogP contribution in [0.3, 0.4) is 0 Å². The number of aryl methyl sites for hydroxylation is 1. The van der Waals surface area contributed by atoms with Gasteiger partial charge in [-0.25, -0.2) is 4.98 Å². The lowest BCUT2D eigenvalue weighted by Gasteiger charge is -2.11. The maximum absolute atomic E-state index is 10.8. The molecule has 6 nitrogen and oxygen atoms in total. The molecule has 3 N–H and O–H groups in total. The van der Waals surface area contributed by atoms with Gasteiger partial charge < -0.3 is 10.4 Å². The van der Waals surface area contributed by atoms with Crippen LogP contribution in [0, 0.1) is 6.92 Å². The molecule has 0 bridgehead atoms. The molecular formula is C12H14N4O2. The number of aliphatic carboxylic acids is 1. The topological polar surface area (TPSA) is 90.9 Å². The molecule has 0 aliphatic rings. The zero-order valence-electron chi connectivity index (χ0n) is 10.1. The van der Waals surface area contributed by atoms with Gasteiger partial charge in [0.05, 0.1) is 0 Å². The third-order valence-electron chi connectivity index (χ3n) is 2.47. The Labute approximate surface area is 104 Å². The van der Waals surface area contributed by atoms with Gasteiger partial charge in [-0.3, -0.25) is 9.89 Å². The summed E-state index contributed by atoms with van der Waals surface area (Å²) in [6.45, 7) is 3.41. The summed E-state index contributed by atoms with van der Waals surface area (Å²) in [5, 5.41) is 18.6. The van der Waals surface area contributed by atoms with Crippen LogP contribution in [0.1, 0.15) is 12.7 Å². The number of aromatic amines is 1. The van der Waals surface area contributed by atoms with Crippen molar-refractivity contribution in [3.05, 3.63) is 30.1 Å². The lowest BCUT2D eigenvalue weighted by Crippen LogP contribution is -2.25. The van der Waals surface area contributed by atoms with Crippen molar-refractivity contribution in [2.75, 3.05) is 5.32 Å². The summed E-state index contributed by atoms with van der Waals surface area (Å²) in [5.74, 6) is 0.440. The number of aromatic nitrogens is 3. The van der Waals surface area contributed by atoms with Gasteiger partial charge in [0.25, 0.3) is 0 Å². The third-order valence-corrected chi connectivity index (χ3v) is 2.47. The number of rotatable bonds is 4. The predicted molar refractivity (Wildman–Crippen MR) is 67.3 cm³/mol. The summed E-state index contributed by atoms with van der Waals surface area (Å²) in [4.78, 5) is 15.0. The second kappa shape index (κ2) is 4.87. The summed E-state index contributed by atoms with van der Waals surface area (Å²) in [7, 11) is 0. The second-order valence-corrected chi connectivity index (χ2v) is 4.03. The third kappa shape index (κ3) is 2.65. The van der Waals surface area contributed by atoms with Crippen LogP contribution in [0.4, 0.5) is 5.69 Å². The first-order valence-electron chi connectivity index (χ1n) is 5.55. The predicted octanol–water partition coefficient (Wildman–Crippen LogP) is 1.67. The smallest absolute Gasteiger partial charge is 0.325 e. The quantitative estimate of drug-likeness (QED) is 0.763. The highest BCUT2D eigenvalue weighted by atomic mass is 16.4. The van der Waals surface area contributed by atoms with Crippen molar-refractivity contribution in [1.29, 1.82) is 0 Å². The number of nitrogens with zero attached hydrogens (tertiary/aromatic N) is 2. The Morgan fingerprint density at radius 1 is 1.50 bits per heavy atom. The number of anilines is 1. The molecule has 1 atom stereocenters. The van der Waals surface area contributed by atoms with Gasteiger partial charge >= 0.3 is 5.97 Å². The van der Waals surface area contributed by atoms with Crippen molar-refractivity contribution in [1.82, 2.24) is 15.2 Å². The van der Waals surface area contributed by atoms with Crippen LogP contribution in [-0.4, -0.2) is 32.3 Å². The van der Waals surface area contributed by atoms with Crippen LogP contribution in [0.5, 0.6) is 0 Å². The molecule has 0 saturated carbocycles. The minimum atomic E-state index is -0.894. The summed E-state index contributed by atoms with van der Waals surface area (Å²) >= 11 is 0. The zero-order chi connectivity index (χ0) is 13.1. The average Bonchev–Trinajstić information content (AvgIpc) is 2.76. The van der Waals surface area contributed by atoms with E-state index in [-0.39, 0.29) is 0 Å². The fraction of sp³-hybridized carbons (Fsp3) is 0.250. The lowest BCUT2D eigenvalue weighted by molar-refractivity contribution is -0.137. The van der Waals surface area contributed by atoms with E-state index in [4.69, 9.17) is 5.11 Å². The number of hydrogen-bond donors (Lipinski definition) is 3. The van der Waals surface area contributed by atoms with Crippen molar-refractivity contribution in [3.8, 4) is 11.4 Å². The average molecular weight is 246 g/mol. The highest BCUT2D eigenvalue weighted by Crippen LogP contribution is 2.19. The molecule has 0 aliphatic heterocycles. The highest BCUT2D eigenvalue weighted by molar-refractivity contribution is 5.77. The first-order chi connectivity index (χ1) is 8.56. The molecule has 0 aliphatic carbocycles. The van der Waals surface area contributed by atoms with Gasteiger partial charge in [0, 0.05) is 11.3 Å². The number of carbonyl (C=O) groups is 1. The summed E-state index contributed by atoms with van der Waals surface area (Å²) in [6.07, 6.45) is 0. The molecule has 1 aromatic heterocycles. The Morgan fingerprint density at radius 3 is 2.89 bits per heavy atom. The molecule has 6 heteroatoms. The summed E-state index contributed by atoms with van der Waals surface area (Å²) in [5.41, 5.74) is 1.56. The van der Waals surface area contributed by atoms with Crippen molar-refractivity contribution in [3.63, 3.8) is 0 Å². The standard InChI is InChI=1S/C12H14N4O2/c1-7(12(17)18)13-10-5-3-4-9(6-10)11-14-8(2)15-16-11/h3-7,13H,1-2H3,(H,17,18)(H,14,15,16). The minimum Gasteiger partial charge on any atom is -0.480 e. The fourth-order valence-corrected chi connectivity index (χ4v) is 1.53. The van der Waals surface area contributed by atoms with Gasteiger partial charge in [0.2, 0.25) is 0 Å². The number of nitrogens with one attached hydrogen (secondary N) is 2. The van der Waals surface area contributed by atoms with Crippen molar-refractivity contribution in [2.45, 2.75) is 19.9 Å². The first-order valence-corrected chi connectivity index (χ1v) is 5.55. The van der Waals surface area contributed by atoms with Crippen molar-refractivity contribution >= 4 is 11.7 Å². The lowest BCUT2D eigenvalue weighted by atomic mass is 10.2. The number of benzene rings is 1. The van der Waals surface area contributed by atoms with Crippen LogP contribution >= 0.6 is 0 Å². The number of H-pyrrole nitrogens is 1. The molecule has 0 radical (unpaired) electrons. The minimum absolute atomic E-state index is 0.596. The van der Waals surface area contributed by atoms with Crippen molar-refractivity contribution < 1.29 is 9.90 Å². The van der Waals surface area contributed by atoms with E-state index in [1.165, 1.54) is 0 Å². The SMILES string of the molecule is Cc1nc(-c2cccc(NC(C)C(=O)O)c2)n[nH]1. The monoisotopic (exact) mass is 246 g/mol. The Balaban J connectivity index is 2.22. The van der Waals surface area contributed by atoms with Gasteiger partial charge in [-0.05, 0) is 26.0 Å². The van der Waals surface area contributed by atoms with Gasteiger partial charge in [0.1, 0.15) is 11.9 Å². The fourth-order valence-electron chi connectivity index (χ4n) is 1.53. The Kier molecular flexibility index (Phi) is 3.27. The molecule has 0 saturated heterocycles. The zero-order valence-corrected chi connectivity index (χ0v) is 10.1. The van der Waals surface area contributed by atoms with Gasteiger partial charge in [-0.2, -0.15) is 5.10 Å². The van der Waals surface area contributed by atoms with E-state index >= 15 is 0 Å². The molecule has 0 fully saturated rings. The maximum Gasteiger partial charge on any atom is 0.325 e. The molecule has 1 unspecified atom stereocenters. The van der Waals surface area contributed by atoms with E-state index in [9.17, 15) is 4.79 Å². The molecule has 18 heavy (non-hydrogen) atoms. The molecule has 0 amide bonds. The van der Waals surface area contributed by atoms with E-state index < -0.39 is 12.0 Å². The Hall–Kier alpha value is -2.37. The van der Waals surface area contributed by atoms with Crippen LogP contribution in [-0.2, 0) is 4.79 Å². The first kappa shape index (κ1) is 12.1. The molecule has 1 heterocycles. The van der Waals surface area contributed by atoms with Crippen molar-refractivity contribution in [2.24, 2.45) is 0 Å².